The number of nitrogens with two attached hydrogens (primary N) is 1. The summed E-state index contributed by atoms with van der Waals surface area (Å²) in [6, 6.07) is 11.8. The molecule has 1 aromatic heterocycles. The Morgan fingerprint density at radius 2 is 1.96 bits per heavy atom. The van der Waals surface area contributed by atoms with E-state index in [9.17, 15) is 0 Å². The van der Waals surface area contributed by atoms with Gasteiger partial charge in [0.25, 0.3) is 0 Å². The molecule has 0 saturated heterocycles. The lowest BCUT2D eigenvalue weighted by molar-refractivity contribution is 0.253. The molecule has 0 radical (unpaired) electrons. The highest BCUT2D eigenvalue weighted by atomic mass is 127. The maximum absolute atomic E-state index is 5.93. The van der Waals surface area contributed by atoms with E-state index < -0.39 is 0 Å². The number of guanidine groups is 1. The molecule has 0 bridgehead atoms. The molecule has 0 atom stereocenters. The average molecular weight is 455 g/mol. The summed E-state index contributed by atoms with van der Waals surface area (Å²) < 4.78 is 5.62. The second kappa shape index (κ2) is 10.9. The van der Waals surface area contributed by atoms with Crippen LogP contribution in [0.3, 0.4) is 0 Å². The summed E-state index contributed by atoms with van der Waals surface area (Å²) in [5, 5.41) is 3.08. The van der Waals surface area contributed by atoms with Gasteiger partial charge in [0.05, 0.1) is 6.54 Å². The molecule has 6 nitrogen and oxygen atoms in total. The van der Waals surface area contributed by atoms with Crippen molar-refractivity contribution in [2.45, 2.75) is 13.5 Å². The van der Waals surface area contributed by atoms with E-state index >= 15 is 0 Å². The van der Waals surface area contributed by atoms with Gasteiger partial charge in [0.15, 0.2) is 5.96 Å². The molecule has 1 heterocycles. The zero-order chi connectivity index (χ0) is 17.4. The molecule has 136 valence electrons. The minimum atomic E-state index is 0. The third-order valence-electron chi connectivity index (χ3n) is 3.34. The van der Waals surface area contributed by atoms with Crippen LogP contribution in [0.4, 0.5) is 5.69 Å². The van der Waals surface area contributed by atoms with Crippen molar-refractivity contribution in [2.75, 3.05) is 32.6 Å². The number of pyridine rings is 1. The first kappa shape index (κ1) is 21.2. The maximum atomic E-state index is 5.93. The lowest BCUT2D eigenvalue weighted by Crippen LogP contribution is -2.22. The first-order valence-corrected chi connectivity index (χ1v) is 7.89. The molecular weight excluding hydrogens is 429 g/mol. The number of nitrogens with zero attached hydrogens (tertiary/aromatic N) is 3. The number of benzene rings is 1. The number of aliphatic imine (C=N–C) groups is 1. The molecule has 0 aliphatic heterocycles. The SMILES string of the molecule is Cc1ccc(NC(N)=NCc2ccnc(OCCN(C)C)c2)cc1.I. The Kier molecular flexibility index (Phi) is 9.22. The Hall–Kier alpha value is -1.87. The predicted molar refractivity (Wildman–Crippen MR) is 114 cm³/mol. The number of halogens is 1. The summed E-state index contributed by atoms with van der Waals surface area (Å²) in [5.41, 5.74) is 9.05. The fourth-order valence-electron chi connectivity index (χ4n) is 1.96. The van der Waals surface area contributed by atoms with Crippen LogP contribution in [0.15, 0.2) is 47.6 Å². The lowest BCUT2D eigenvalue weighted by Gasteiger charge is -2.10. The van der Waals surface area contributed by atoms with Gasteiger partial charge in [-0.2, -0.15) is 0 Å². The predicted octanol–water partition coefficient (Wildman–Crippen LogP) is 2.88. The Balaban J connectivity index is 0.00000312. The third kappa shape index (κ3) is 8.17. The van der Waals surface area contributed by atoms with Crippen molar-refractivity contribution in [2.24, 2.45) is 10.7 Å². The van der Waals surface area contributed by atoms with E-state index in [2.05, 4.69) is 20.2 Å². The van der Waals surface area contributed by atoms with Crippen LogP contribution < -0.4 is 15.8 Å². The Morgan fingerprint density at radius 1 is 1.24 bits per heavy atom. The standard InChI is InChI=1S/C18H25N5O.HI/c1-14-4-6-16(7-5-14)22-18(19)21-13-15-8-9-20-17(12-15)24-11-10-23(2)3;/h4-9,12H,10-11,13H2,1-3H3,(H3,19,21,22);1H. The summed E-state index contributed by atoms with van der Waals surface area (Å²) in [6.45, 7) is 3.96. The highest BCUT2D eigenvalue weighted by molar-refractivity contribution is 14.0. The highest BCUT2D eigenvalue weighted by Crippen LogP contribution is 2.11. The minimum Gasteiger partial charge on any atom is -0.476 e. The van der Waals surface area contributed by atoms with Gasteiger partial charge in [0, 0.05) is 24.5 Å². The van der Waals surface area contributed by atoms with Gasteiger partial charge in [0.1, 0.15) is 6.61 Å². The van der Waals surface area contributed by atoms with Crippen LogP contribution in [-0.4, -0.2) is 43.1 Å². The Morgan fingerprint density at radius 3 is 2.64 bits per heavy atom. The van der Waals surface area contributed by atoms with Crippen molar-refractivity contribution in [1.29, 1.82) is 0 Å². The van der Waals surface area contributed by atoms with Crippen LogP contribution in [0.1, 0.15) is 11.1 Å². The fourth-order valence-corrected chi connectivity index (χ4v) is 1.96. The molecule has 0 aliphatic carbocycles. The quantitative estimate of drug-likeness (QED) is 0.382. The number of hydrogen-bond acceptors (Lipinski definition) is 4. The van der Waals surface area contributed by atoms with Crippen LogP contribution in [0, 0.1) is 6.92 Å². The minimum absolute atomic E-state index is 0. The molecule has 0 fully saturated rings. The molecule has 0 saturated carbocycles. The van der Waals surface area contributed by atoms with Crippen LogP contribution in [0.25, 0.3) is 0 Å². The zero-order valence-electron chi connectivity index (χ0n) is 14.9. The first-order valence-electron chi connectivity index (χ1n) is 7.89. The van der Waals surface area contributed by atoms with E-state index in [1.165, 1.54) is 5.56 Å². The normalized spacial score (nSPS) is 11.1. The molecule has 0 aliphatic rings. The topological polar surface area (TPSA) is 75.8 Å². The molecule has 2 rings (SSSR count). The van der Waals surface area contributed by atoms with E-state index in [0.29, 0.717) is 25.0 Å². The number of aromatic nitrogens is 1. The number of nitrogens with one attached hydrogen (secondary N) is 1. The monoisotopic (exact) mass is 455 g/mol. The summed E-state index contributed by atoms with van der Waals surface area (Å²) >= 11 is 0. The number of ether oxygens (including phenoxy) is 1. The van der Waals surface area contributed by atoms with Crippen LogP contribution in [0.5, 0.6) is 5.88 Å². The van der Waals surface area contributed by atoms with E-state index in [1.807, 2.05) is 57.4 Å². The van der Waals surface area contributed by atoms with Crippen molar-refractivity contribution >= 4 is 35.6 Å². The summed E-state index contributed by atoms with van der Waals surface area (Å²) in [4.78, 5) is 10.6. The summed E-state index contributed by atoms with van der Waals surface area (Å²) in [5.74, 6) is 0.986. The first-order chi connectivity index (χ1) is 11.5. The zero-order valence-corrected chi connectivity index (χ0v) is 17.2. The Labute approximate surface area is 166 Å². The second-order valence-corrected chi connectivity index (χ2v) is 5.85. The smallest absolute Gasteiger partial charge is 0.213 e. The van der Waals surface area contributed by atoms with Crippen molar-refractivity contribution < 1.29 is 4.74 Å². The number of likely N-dealkylation sites (N-methyl/N-ethyl adjacent to an activating group) is 1. The van der Waals surface area contributed by atoms with E-state index in [0.717, 1.165) is 17.8 Å². The molecule has 0 amide bonds. The largest absolute Gasteiger partial charge is 0.476 e. The van der Waals surface area contributed by atoms with Gasteiger partial charge >= 0.3 is 0 Å². The van der Waals surface area contributed by atoms with E-state index in [4.69, 9.17) is 10.5 Å². The van der Waals surface area contributed by atoms with Gasteiger partial charge in [-0.3, -0.25) is 0 Å². The van der Waals surface area contributed by atoms with Crippen molar-refractivity contribution in [3.05, 3.63) is 53.7 Å². The van der Waals surface area contributed by atoms with Gasteiger partial charge in [-0.15, -0.1) is 24.0 Å². The molecule has 0 unspecified atom stereocenters. The molecule has 2 aromatic rings. The van der Waals surface area contributed by atoms with Gasteiger partial charge in [-0.05, 0) is 44.8 Å². The van der Waals surface area contributed by atoms with Crippen LogP contribution >= 0.6 is 24.0 Å². The van der Waals surface area contributed by atoms with Crippen molar-refractivity contribution in [3.63, 3.8) is 0 Å². The molecule has 3 N–H and O–H groups in total. The molecule has 0 spiro atoms. The lowest BCUT2D eigenvalue weighted by atomic mass is 10.2. The fraction of sp³-hybridized carbons (Fsp3) is 0.333. The Bertz CT molecular complexity index is 673. The second-order valence-electron chi connectivity index (χ2n) is 5.85. The summed E-state index contributed by atoms with van der Waals surface area (Å²) in [7, 11) is 4.01. The van der Waals surface area contributed by atoms with E-state index in [-0.39, 0.29) is 24.0 Å². The third-order valence-corrected chi connectivity index (χ3v) is 3.34. The molecule has 1 aromatic carbocycles. The van der Waals surface area contributed by atoms with Gasteiger partial charge in [-0.1, -0.05) is 17.7 Å². The van der Waals surface area contributed by atoms with E-state index in [1.54, 1.807) is 6.20 Å². The molecule has 25 heavy (non-hydrogen) atoms. The van der Waals surface area contributed by atoms with Gasteiger partial charge in [-0.25, -0.2) is 9.98 Å². The molecular formula is C18H26IN5O. The number of rotatable bonds is 7. The van der Waals surface area contributed by atoms with Crippen LogP contribution in [0.2, 0.25) is 0 Å². The van der Waals surface area contributed by atoms with Crippen LogP contribution in [-0.2, 0) is 6.54 Å². The highest BCUT2D eigenvalue weighted by Gasteiger charge is 2.00. The van der Waals surface area contributed by atoms with Gasteiger partial charge < -0.3 is 20.7 Å². The average Bonchev–Trinajstić information content (AvgIpc) is 2.55. The number of hydrogen-bond donors (Lipinski definition) is 2. The van der Waals surface area contributed by atoms with Gasteiger partial charge in [0.2, 0.25) is 5.88 Å². The maximum Gasteiger partial charge on any atom is 0.213 e. The van der Waals surface area contributed by atoms with Crippen molar-refractivity contribution in [3.8, 4) is 5.88 Å². The molecule has 7 heteroatoms. The number of anilines is 1. The van der Waals surface area contributed by atoms with Crippen molar-refractivity contribution in [1.82, 2.24) is 9.88 Å². The number of aryl methyl sites for hydroxylation is 1. The summed E-state index contributed by atoms with van der Waals surface area (Å²) in [6.07, 6.45) is 1.72.